The van der Waals surface area contributed by atoms with E-state index in [1.54, 1.807) is 0 Å². The number of aromatic nitrogens is 1. The van der Waals surface area contributed by atoms with Gasteiger partial charge in [-0.1, -0.05) is 6.92 Å². The van der Waals surface area contributed by atoms with Crippen LogP contribution in [0.25, 0.3) is 0 Å². The molecule has 1 aromatic rings. The first kappa shape index (κ1) is 17.9. The molecule has 144 valence electrons. The van der Waals surface area contributed by atoms with Crippen molar-refractivity contribution in [3.05, 3.63) is 23.0 Å². The van der Waals surface area contributed by atoms with E-state index in [1.165, 1.54) is 29.8 Å². The highest BCUT2D eigenvalue weighted by atomic mass is 16.3. The second-order valence-electron chi connectivity index (χ2n) is 8.04. The van der Waals surface area contributed by atoms with Crippen LogP contribution < -0.4 is 16.1 Å². The molecule has 0 bridgehead atoms. The Labute approximate surface area is 156 Å². The predicted molar refractivity (Wildman–Crippen MR) is 105 cm³/mol. The monoisotopic (exact) mass is 359 g/mol. The van der Waals surface area contributed by atoms with Crippen LogP contribution in [0, 0.1) is 0 Å². The van der Waals surface area contributed by atoms with Gasteiger partial charge in [-0.3, -0.25) is 10.1 Å². The van der Waals surface area contributed by atoms with E-state index in [9.17, 15) is 5.11 Å². The third-order valence-corrected chi connectivity index (χ3v) is 6.21. The molecule has 0 amide bonds. The molecule has 0 spiro atoms. The van der Waals surface area contributed by atoms with E-state index >= 15 is 0 Å². The molecule has 1 saturated carbocycles. The van der Waals surface area contributed by atoms with E-state index in [4.69, 9.17) is 4.99 Å². The topological polar surface area (TPSA) is 73.6 Å². The first-order valence-corrected chi connectivity index (χ1v) is 10.4. The van der Waals surface area contributed by atoms with Gasteiger partial charge in [-0.15, -0.1) is 0 Å². The summed E-state index contributed by atoms with van der Waals surface area (Å²) in [6.07, 6.45) is 7.40. The maximum atomic E-state index is 9.90. The first-order valence-electron chi connectivity index (χ1n) is 10.4. The van der Waals surface area contributed by atoms with Crippen molar-refractivity contribution in [1.82, 2.24) is 15.3 Å². The molecular formula is C20H33N5O. The highest BCUT2D eigenvalue weighted by Crippen LogP contribution is 2.38. The fourth-order valence-electron chi connectivity index (χ4n) is 4.68. The number of hydrogen-bond donors (Lipinski definition) is 4. The Kier molecular flexibility index (Phi) is 5.50. The summed E-state index contributed by atoms with van der Waals surface area (Å²) in [7, 11) is 0. The number of rotatable bonds is 4. The van der Waals surface area contributed by atoms with Gasteiger partial charge in [0.05, 0.1) is 18.3 Å². The SMILES string of the molecule is CCCNC1=NCc2c(C3CCNCC3)cc(C3CCC(O)CC3)n2N1. The van der Waals surface area contributed by atoms with Crippen molar-refractivity contribution in [2.24, 2.45) is 4.99 Å². The van der Waals surface area contributed by atoms with Crippen molar-refractivity contribution >= 4 is 5.96 Å². The minimum atomic E-state index is -0.109. The average molecular weight is 360 g/mol. The maximum absolute atomic E-state index is 9.90. The minimum Gasteiger partial charge on any atom is -0.393 e. The molecule has 3 aliphatic rings. The number of fused-ring (bicyclic) bond motifs is 1. The maximum Gasteiger partial charge on any atom is 0.211 e. The number of aliphatic hydroxyl groups excluding tert-OH is 1. The van der Waals surface area contributed by atoms with Crippen LogP contribution in [0.3, 0.4) is 0 Å². The summed E-state index contributed by atoms with van der Waals surface area (Å²) in [5, 5.41) is 16.8. The van der Waals surface area contributed by atoms with E-state index in [2.05, 4.69) is 33.7 Å². The third kappa shape index (κ3) is 3.62. The lowest BCUT2D eigenvalue weighted by Gasteiger charge is -2.29. The number of nitrogens with one attached hydrogen (secondary N) is 3. The third-order valence-electron chi connectivity index (χ3n) is 6.21. The lowest BCUT2D eigenvalue weighted by atomic mass is 9.84. The van der Waals surface area contributed by atoms with Crippen molar-refractivity contribution < 1.29 is 5.11 Å². The van der Waals surface area contributed by atoms with Gasteiger partial charge in [0.15, 0.2) is 0 Å². The molecule has 6 heteroatoms. The Morgan fingerprint density at radius 3 is 2.65 bits per heavy atom. The zero-order chi connectivity index (χ0) is 17.9. The number of aliphatic imine (C=N–C) groups is 1. The lowest BCUT2D eigenvalue weighted by Crippen LogP contribution is -2.40. The van der Waals surface area contributed by atoms with Crippen molar-refractivity contribution in [3.8, 4) is 0 Å². The molecule has 1 aromatic heterocycles. The first-order chi connectivity index (χ1) is 12.8. The summed E-state index contributed by atoms with van der Waals surface area (Å²) in [6, 6.07) is 2.46. The molecule has 0 atom stereocenters. The Balaban J connectivity index is 1.62. The Hall–Kier alpha value is -1.53. The summed E-state index contributed by atoms with van der Waals surface area (Å²) in [4.78, 5) is 4.75. The molecule has 4 rings (SSSR count). The van der Waals surface area contributed by atoms with Crippen LogP contribution in [0.4, 0.5) is 0 Å². The van der Waals surface area contributed by atoms with Crippen LogP contribution >= 0.6 is 0 Å². The van der Waals surface area contributed by atoms with Crippen LogP contribution in [0.1, 0.15) is 80.7 Å². The Morgan fingerprint density at radius 2 is 1.92 bits per heavy atom. The number of hydrogen-bond acceptors (Lipinski definition) is 5. The Morgan fingerprint density at radius 1 is 1.15 bits per heavy atom. The molecule has 1 saturated heterocycles. The van der Waals surface area contributed by atoms with Gasteiger partial charge in [0, 0.05) is 18.2 Å². The normalized spacial score (nSPS) is 26.8. The number of piperidine rings is 1. The van der Waals surface area contributed by atoms with Gasteiger partial charge in [-0.2, -0.15) is 0 Å². The molecule has 4 N–H and O–H groups in total. The summed E-state index contributed by atoms with van der Waals surface area (Å²) < 4.78 is 2.32. The molecule has 1 aliphatic carbocycles. The largest absolute Gasteiger partial charge is 0.393 e. The van der Waals surface area contributed by atoms with E-state index in [1.807, 2.05) is 0 Å². The van der Waals surface area contributed by atoms with E-state index < -0.39 is 0 Å². The van der Waals surface area contributed by atoms with Gasteiger partial charge in [0.25, 0.3) is 0 Å². The molecule has 0 unspecified atom stereocenters. The summed E-state index contributed by atoms with van der Waals surface area (Å²) >= 11 is 0. The van der Waals surface area contributed by atoms with Crippen LogP contribution in [-0.4, -0.2) is 41.5 Å². The van der Waals surface area contributed by atoms with Gasteiger partial charge >= 0.3 is 0 Å². The molecule has 2 aliphatic heterocycles. The van der Waals surface area contributed by atoms with Gasteiger partial charge in [0.2, 0.25) is 5.96 Å². The number of aliphatic hydroxyl groups is 1. The fourth-order valence-corrected chi connectivity index (χ4v) is 4.68. The van der Waals surface area contributed by atoms with Crippen molar-refractivity contribution in [3.63, 3.8) is 0 Å². The zero-order valence-electron chi connectivity index (χ0n) is 15.9. The second kappa shape index (κ2) is 8.01. The van der Waals surface area contributed by atoms with Gasteiger partial charge in [0.1, 0.15) is 0 Å². The zero-order valence-corrected chi connectivity index (χ0v) is 15.9. The van der Waals surface area contributed by atoms with Gasteiger partial charge < -0.3 is 15.7 Å². The van der Waals surface area contributed by atoms with E-state index in [-0.39, 0.29) is 6.10 Å². The van der Waals surface area contributed by atoms with E-state index in [0.717, 1.165) is 64.2 Å². The van der Waals surface area contributed by atoms with Gasteiger partial charge in [-0.25, -0.2) is 4.99 Å². The van der Waals surface area contributed by atoms with Crippen LogP contribution in [-0.2, 0) is 6.54 Å². The highest BCUT2D eigenvalue weighted by Gasteiger charge is 2.30. The Bertz CT molecular complexity index is 639. The van der Waals surface area contributed by atoms with Crippen molar-refractivity contribution in [1.29, 1.82) is 0 Å². The van der Waals surface area contributed by atoms with Crippen LogP contribution in [0.5, 0.6) is 0 Å². The molecule has 3 heterocycles. The molecule has 26 heavy (non-hydrogen) atoms. The molecule has 0 radical (unpaired) electrons. The summed E-state index contributed by atoms with van der Waals surface area (Å²) in [5.41, 5.74) is 7.79. The summed E-state index contributed by atoms with van der Waals surface area (Å²) in [5.74, 6) is 2.07. The quantitative estimate of drug-likeness (QED) is 0.666. The molecule has 2 fully saturated rings. The predicted octanol–water partition coefficient (Wildman–Crippen LogP) is 2.39. The molecular weight excluding hydrogens is 326 g/mol. The second-order valence-corrected chi connectivity index (χ2v) is 8.04. The fraction of sp³-hybridized carbons (Fsp3) is 0.750. The minimum absolute atomic E-state index is 0.109. The average Bonchev–Trinajstić information content (AvgIpc) is 3.06. The van der Waals surface area contributed by atoms with E-state index in [0.29, 0.717) is 11.8 Å². The number of nitrogens with zero attached hydrogens (tertiary/aromatic N) is 2. The van der Waals surface area contributed by atoms with Crippen molar-refractivity contribution in [2.45, 2.75) is 76.4 Å². The standard InChI is InChI=1S/C20H33N5O/c1-2-9-22-20-23-13-19-17(14-7-10-21-11-8-14)12-18(25(19)24-20)15-3-5-16(26)6-4-15/h12,14-16,21,26H,2-11,13H2,1H3,(H2,22,23,24). The summed E-state index contributed by atoms with van der Waals surface area (Å²) in [6.45, 7) is 6.09. The highest BCUT2D eigenvalue weighted by molar-refractivity contribution is 5.88. The number of guanidine groups is 1. The van der Waals surface area contributed by atoms with Crippen LogP contribution in [0.15, 0.2) is 11.1 Å². The molecule has 0 aromatic carbocycles. The lowest BCUT2D eigenvalue weighted by molar-refractivity contribution is 0.121. The van der Waals surface area contributed by atoms with Crippen LogP contribution in [0.2, 0.25) is 0 Å². The molecule has 6 nitrogen and oxygen atoms in total. The van der Waals surface area contributed by atoms with Crippen molar-refractivity contribution in [2.75, 3.05) is 25.1 Å². The smallest absolute Gasteiger partial charge is 0.211 e. The van der Waals surface area contributed by atoms with Gasteiger partial charge in [-0.05, 0) is 75.6 Å².